The average molecular weight is 227 g/mol. The molecule has 0 spiro atoms. The first-order chi connectivity index (χ1) is 6.86. The molecule has 0 aliphatic rings. The molecular formula is C13H19ClO. The topological polar surface area (TPSA) is 20.2 Å². The zero-order chi connectivity index (χ0) is 11.6. The monoisotopic (exact) mass is 226 g/mol. The molecule has 0 radical (unpaired) electrons. The van der Waals surface area contributed by atoms with Crippen molar-refractivity contribution in [3.63, 3.8) is 0 Å². The minimum atomic E-state index is -0.452. The van der Waals surface area contributed by atoms with Gasteiger partial charge in [0.25, 0.3) is 0 Å². The minimum absolute atomic E-state index is 0.0966. The van der Waals surface area contributed by atoms with Crippen molar-refractivity contribution in [1.29, 1.82) is 0 Å². The van der Waals surface area contributed by atoms with Crippen LogP contribution in [0, 0.1) is 0 Å². The Kier molecular flexibility index (Phi) is 3.80. The third-order valence-electron chi connectivity index (χ3n) is 2.61. The molecule has 0 saturated heterocycles. The summed E-state index contributed by atoms with van der Waals surface area (Å²) in [7, 11) is 0. The molecule has 0 heterocycles. The number of hydrogen-bond acceptors (Lipinski definition) is 1. The Labute approximate surface area is 97.1 Å². The van der Waals surface area contributed by atoms with Crippen molar-refractivity contribution in [2.45, 2.75) is 45.6 Å². The van der Waals surface area contributed by atoms with E-state index in [4.69, 9.17) is 11.6 Å². The second-order valence-corrected chi connectivity index (χ2v) is 5.32. The average Bonchev–Trinajstić information content (AvgIpc) is 2.15. The molecule has 15 heavy (non-hydrogen) atoms. The molecule has 0 bridgehead atoms. The number of aliphatic hydroxyl groups excluding tert-OH is 1. The Hall–Kier alpha value is -0.530. The van der Waals surface area contributed by atoms with Crippen molar-refractivity contribution in [2.75, 3.05) is 0 Å². The van der Waals surface area contributed by atoms with E-state index in [-0.39, 0.29) is 5.41 Å². The fourth-order valence-electron chi connectivity index (χ4n) is 1.48. The molecule has 0 fully saturated rings. The third kappa shape index (κ3) is 2.96. The smallest absolute Gasteiger partial charge is 0.0801 e. The van der Waals surface area contributed by atoms with E-state index in [0.29, 0.717) is 11.4 Å². The Bertz CT molecular complexity index is 339. The van der Waals surface area contributed by atoms with Gasteiger partial charge in [-0.2, -0.15) is 0 Å². The van der Waals surface area contributed by atoms with E-state index in [0.717, 1.165) is 5.56 Å². The molecule has 0 aromatic heterocycles. The summed E-state index contributed by atoms with van der Waals surface area (Å²) in [5.74, 6) is 0. The van der Waals surface area contributed by atoms with Crippen molar-refractivity contribution in [3.8, 4) is 0 Å². The van der Waals surface area contributed by atoms with Crippen LogP contribution in [0.5, 0.6) is 0 Å². The quantitative estimate of drug-likeness (QED) is 0.806. The first kappa shape index (κ1) is 12.5. The molecule has 1 nitrogen and oxygen atoms in total. The van der Waals surface area contributed by atoms with E-state index < -0.39 is 6.10 Å². The largest absolute Gasteiger partial charge is 0.388 e. The lowest BCUT2D eigenvalue weighted by atomic mass is 9.86. The van der Waals surface area contributed by atoms with Crippen LogP contribution in [0.25, 0.3) is 0 Å². The summed E-state index contributed by atoms with van der Waals surface area (Å²) in [6.45, 7) is 8.39. The Morgan fingerprint density at radius 2 is 1.93 bits per heavy atom. The van der Waals surface area contributed by atoms with Crippen molar-refractivity contribution < 1.29 is 5.11 Å². The minimum Gasteiger partial charge on any atom is -0.388 e. The van der Waals surface area contributed by atoms with Crippen molar-refractivity contribution in [3.05, 3.63) is 34.3 Å². The molecule has 1 rings (SSSR count). The molecule has 1 atom stereocenters. The van der Waals surface area contributed by atoms with Crippen molar-refractivity contribution in [1.82, 2.24) is 0 Å². The van der Waals surface area contributed by atoms with Gasteiger partial charge in [-0.1, -0.05) is 51.4 Å². The molecule has 2 heteroatoms. The molecule has 0 saturated carbocycles. The molecule has 1 N–H and O–H groups in total. The Morgan fingerprint density at radius 3 is 2.33 bits per heavy atom. The number of aliphatic hydroxyl groups is 1. The van der Waals surface area contributed by atoms with Crippen LogP contribution in [0.2, 0.25) is 5.02 Å². The normalized spacial score (nSPS) is 14.0. The third-order valence-corrected chi connectivity index (χ3v) is 2.94. The highest BCUT2D eigenvalue weighted by Crippen LogP contribution is 2.30. The lowest BCUT2D eigenvalue weighted by Gasteiger charge is -2.21. The first-order valence-electron chi connectivity index (χ1n) is 5.34. The number of hydrogen-bond donors (Lipinski definition) is 1. The van der Waals surface area contributed by atoms with Crippen LogP contribution >= 0.6 is 11.6 Å². The first-order valence-corrected chi connectivity index (χ1v) is 5.72. The number of benzene rings is 1. The number of halogens is 1. The van der Waals surface area contributed by atoms with Gasteiger partial charge in [0, 0.05) is 5.02 Å². The molecule has 1 aromatic carbocycles. The highest BCUT2D eigenvalue weighted by Gasteiger charge is 2.16. The van der Waals surface area contributed by atoms with Gasteiger partial charge in [0.2, 0.25) is 0 Å². The highest BCUT2D eigenvalue weighted by molar-refractivity contribution is 6.31. The van der Waals surface area contributed by atoms with Gasteiger partial charge in [-0.3, -0.25) is 0 Å². The van der Waals surface area contributed by atoms with E-state index in [9.17, 15) is 5.11 Å². The summed E-state index contributed by atoms with van der Waals surface area (Å²) < 4.78 is 0. The predicted molar refractivity (Wildman–Crippen MR) is 65.4 cm³/mol. The predicted octanol–water partition coefficient (Wildman–Crippen LogP) is 4.08. The van der Waals surface area contributed by atoms with Gasteiger partial charge in [0.15, 0.2) is 0 Å². The van der Waals surface area contributed by atoms with Gasteiger partial charge >= 0.3 is 0 Å². The summed E-state index contributed by atoms with van der Waals surface area (Å²) in [5, 5.41) is 10.4. The van der Waals surface area contributed by atoms with Gasteiger partial charge in [-0.15, -0.1) is 0 Å². The van der Waals surface area contributed by atoms with Crippen molar-refractivity contribution in [2.24, 2.45) is 0 Å². The summed E-state index contributed by atoms with van der Waals surface area (Å²) >= 11 is 6.15. The SMILES string of the molecule is CCC(O)c1ccc(C(C)(C)C)cc1Cl. The molecule has 0 amide bonds. The van der Waals surface area contributed by atoms with Gasteiger partial charge in [-0.05, 0) is 29.0 Å². The van der Waals surface area contributed by atoms with Crippen molar-refractivity contribution >= 4 is 11.6 Å². The fourth-order valence-corrected chi connectivity index (χ4v) is 1.79. The highest BCUT2D eigenvalue weighted by atomic mass is 35.5. The molecular weight excluding hydrogens is 208 g/mol. The van der Waals surface area contributed by atoms with Crippen LogP contribution < -0.4 is 0 Å². The maximum absolute atomic E-state index is 9.72. The molecule has 84 valence electrons. The summed E-state index contributed by atoms with van der Waals surface area (Å²) in [4.78, 5) is 0. The van der Waals surface area contributed by atoms with Gasteiger partial charge in [0.05, 0.1) is 6.10 Å². The van der Waals surface area contributed by atoms with Crippen LogP contribution in [0.3, 0.4) is 0 Å². The van der Waals surface area contributed by atoms with Crippen LogP contribution in [-0.2, 0) is 5.41 Å². The Morgan fingerprint density at radius 1 is 1.33 bits per heavy atom. The molecule has 1 aromatic rings. The van der Waals surface area contributed by atoms with E-state index >= 15 is 0 Å². The Balaban J connectivity index is 3.09. The lowest BCUT2D eigenvalue weighted by Crippen LogP contribution is -2.11. The summed E-state index contributed by atoms with van der Waals surface area (Å²) in [6, 6.07) is 5.92. The lowest BCUT2D eigenvalue weighted by molar-refractivity contribution is 0.174. The van der Waals surface area contributed by atoms with E-state index in [2.05, 4.69) is 20.8 Å². The standard InChI is InChI=1S/C13H19ClO/c1-5-12(15)10-7-6-9(8-11(10)14)13(2,3)4/h6-8,12,15H,5H2,1-4H3. The van der Waals surface area contributed by atoms with Gasteiger partial charge in [-0.25, -0.2) is 0 Å². The molecule has 1 unspecified atom stereocenters. The van der Waals surface area contributed by atoms with Gasteiger partial charge < -0.3 is 5.11 Å². The van der Waals surface area contributed by atoms with Gasteiger partial charge in [0.1, 0.15) is 0 Å². The van der Waals surface area contributed by atoms with E-state index in [1.165, 1.54) is 5.56 Å². The van der Waals surface area contributed by atoms with Crippen LogP contribution in [-0.4, -0.2) is 5.11 Å². The van der Waals surface area contributed by atoms with E-state index in [1.807, 2.05) is 25.1 Å². The maximum atomic E-state index is 9.72. The second-order valence-electron chi connectivity index (χ2n) is 4.91. The zero-order valence-electron chi connectivity index (χ0n) is 9.84. The maximum Gasteiger partial charge on any atom is 0.0801 e. The summed E-state index contributed by atoms with van der Waals surface area (Å²) in [6.07, 6.45) is 0.237. The molecule has 0 aliphatic heterocycles. The van der Waals surface area contributed by atoms with Crippen LogP contribution in [0.4, 0.5) is 0 Å². The van der Waals surface area contributed by atoms with Crippen LogP contribution in [0.1, 0.15) is 51.3 Å². The second kappa shape index (κ2) is 4.54. The van der Waals surface area contributed by atoms with Crippen LogP contribution in [0.15, 0.2) is 18.2 Å². The molecule has 0 aliphatic carbocycles. The fraction of sp³-hybridized carbons (Fsp3) is 0.538. The summed E-state index contributed by atoms with van der Waals surface area (Å²) in [5.41, 5.74) is 2.12. The number of rotatable bonds is 2. The van der Waals surface area contributed by atoms with E-state index in [1.54, 1.807) is 0 Å². The zero-order valence-corrected chi connectivity index (χ0v) is 10.6.